The number of rotatable bonds is 79. The molecule has 3 N–H and O–H groups in total. The molecule has 0 spiro atoms. The van der Waals surface area contributed by atoms with Crippen LogP contribution in [-0.4, -0.2) is 96.7 Å². The Hall–Kier alpha value is -5.32. The van der Waals surface area contributed by atoms with Gasteiger partial charge in [0, 0.05) is 25.7 Å². The predicted octanol–water partition coefficient (Wildman–Crippen LogP) is 25.6. The van der Waals surface area contributed by atoms with E-state index in [4.69, 9.17) is 37.0 Å². The Balaban J connectivity index is 5.45. The van der Waals surface area contributed by atoms with Crippen LogP contribution in [0.5, 0.6) is 0 Å². The lowest BCUT2D eigenvalue weighted by molar-refractivity contribution is -0.161. The van der Waals surface area contributed by atoms with Crippen molar-refractivity contribution in [1.29, 1.82) is 0 Å². The summed E-state index contributed by atoms with van der Waals surface area (Å²) in [6.07, 6.45) is 96.3. The standard InChI is InChI=1S/C91H152O17P2/c1-5-9-13-17-21-25-29-33-37-40-42-45-48-51-55-59-63-67-71-75-88(93)101-81-86(107-90(95)77-73-69-65-61-57-53-47-36-32-28-24-20-16-12-8-4)83-105-109(97,98)103-79-85(92)80-104-110(99,100)106-84-87(108-91(96)78-74-70-66-62-58-54-50-44-39-35-31-27-23-19-15-11-7-3)82-102-89(94)76-72-68-64-60-56-52-49-46-43-41-38-34-30-26-22-18-14-10-6-2/h10-11,14-15,21-23,25-27,33-39,42-43,45-47,50,52,54,56,85-87,92H,5-9,12-13,16-20,24,28-32,40-41,44,48-49,51,53,55,57-84H2,1-4H3,(H,97,98)(H,99,100)/b14-10-,15-11-,25-21-,26-22-,27-23-,37-33-,38-34-,39-35-,45-42-,46-43-,47-36-,54-50-,56-52-. The molecule has 0 radical (unpaired) electrons. The van der Waals surface area contributed by atoms with Gasteiger partial charge in [0.25, 0.3) is 0 Å². The molecule has 0 fully saturated rings. The molecule has 0 aromatic rings. The number of ether oxygens (including phenoxy) is 4. The summed E-state index contributed by atoms with van der Waals surface area (Å²) < 4.78 is 68.8. The number of aliphatic hydroxyl groups excluding tert-OH is 1. The molecule has 17 nitrogen and oxygen atoms in total. The van der Waals surface area contributed by atoms with Crippen molar-refractivity contribution in [2.24, 2.45) is 0 Å². The normalized spacial score (nSPS) is 14.6. The fourth-order valence-electron chi connectivity index (χ4n) is 11.0. The molecule has 0 aliphatic carbocycles. The molecular weight excluding hydrogens is 1430 g/mol. The van der Waals surface area contributed by atoms with Gasteiger partial charge < -0.3 is 33.8 Å². The van der Waals surface area contributed by atoms with Crippen LogP contribution in [0.3, 0.4) is 0 Å². The van der Waals surface area contributed by atoms with Gasteiger partial charge in [-0.15, -0.1) is 0 Å². The highest BCUT2D eigenvalue weighted by molar-refractivity contribution is 7.47. The summed E-state index contributed by atoms with van der Waals surface area (Å²) in [5.74, 6) is -2.26. The van der Waals surface area contributed by atoms with Gasteiger partial charge >= 0.3 is 39.5 Å². The van der Waals surface area contributed by atoms with Crippen LogP contribution in [0.25, 0.3) is 0 Å². The minimum atomic E-state index is -5.00. The summed E-state index contributed by atoms with van der Waals surface area (Å²) in [6, 6.07) is 0. The Bertz CT molecular complexity index is 2700. The van der Waals surface area contributed by atoms with Crippen molar-refractivity contribution >= 4 is 39.5 Å². The van der Waals surface area contributed by atoms with Crippen LogP contribution >= 0.6 is 15.6 Å². The van der Waals surface area contributed by atoms with E-state index in [0.717, 1.165) is 199 Å². The third kappa shape index (κ3) is 80.7. The Kier molecular flexibility index (Phi) is 77.7. The molecule has 0 aromatic carbocycles. The molecule has 0 saturated heterocycles. The van der Waals surface area contributed by atoms with E-state index in [0.29, 0.717) is 25.7 Å². The van der Waals surface area contributed by atoms with E-state index in [1.807, 2.05) is 0 Å². The Morgan fingerprint density at radius 1 is 0.264 bits per heavy atom. The number of hydrogen-bond donors (Lipinski definition) is 3. The average Bonchev–Trinajstić information content (AvgIpc) is 0.906. The summed E-state index contributed by atoms with van der Waals surface area (Å²) in [5.41, 5.74) is 0. The Morgan fingerprint density at radius 3 is 0.764 bits per heavy atom. The molecule has 110 heavy (non-hydrogen) atoms. The van der Waals surface area contributed by atoms with Crippen molar-refractivity contribution in [1.82, 2.24) is 0 Å². The lowest BCUT2D eigenvalue weighted by Crippen LogP contribution is -2.30. The predicted molar refractivity (Wildman–Crippen MR) is 454 cm³/mol. The lowest BCUT2D eigenvalue weighted by Gasteiger charge is -2.21. The lowest BCUT2D eigenvalue weighted by atomic mass is 10.1. The van der Waals surface area contributed by atoms with E-state index in [2.05, 4.69) is 186 Å². The van der Waals surface area contributed by atoms with Gasteiger partial charge in [0.2, 0.25) is 0 Å². The van der Waals surface area contributed by atoms with Crippen molar-refractivity contribution in [3.05, 3.63) is 158 Å². The maximum atomic E-state index is 13.1. The van der Waals surface area contributed by atoms with Gasteiger partial charge in [-0.25, -0.2) is 9.13 Å². The topological polar surface area (TPSA) is 237 Å². The molecule has 5 unspecified atom stereocenters. The number of aliphatic hydroxyl groups is 1. The minimum absolute atomic E-state index is 0.0538. The number of phosphoric ester groups is 2. The first-order valence-corrected chi connectivity index (χ1v) is 45.7. The molecule has 19 heteroatoms. The van der Waals surface area contributed by atoms with Crippen molar-refractivity contribution in [3.63, 3.8) is 0 Å². The summed E-state index contributed by atoms with van der Waals surface area (Å²) in [6.45, 7) is 4.55. The number of phosphoric acid groups is 2. The largest absolute Gasteiger partial charge is 0.472 e. The Morgan fingerprint density at radius 2 is 0.473 bits per heavy atom. The first kappa shape index (κ1) is 105. The maximum Gasteiger partial charge on any atom is 0.472 e. The Labute approximate surface area is 668 Å². The molecule has 0 bridgehead atoms. The van der Waals surface area contributed by atoms with Crippen LogP contribution in [0.2, 0.25) is 0 Å². The van der Waals surface area contributed by atoms with Crippen molar-refractivity contribution in [2.75, 3.05) is 39.6 Å². The zero-order valence-corrected chi connectivity index (χ0v) is 70.7. The van der Waals surface area contributed by atoms with E-state index in [-0.39, 0.29) is 25.7 Å². The first-order valence-electron chi connectivity index (χ1n) is 42.7. The molecule has 0 aliphatic heterocycles. The molecule has 0 aliphatic rings. The number of allylic oxidation sites excluding steroid dienone is 26. The van der Waals surface area contributed by atoms with Crippen LogP contribution in [0.4, 0.5) is 0 Å². The highest BCUT2D eigenvalue weighted by Crippen LogP contribution is 2.45. The summed E-state index contributed by atoms with van der Waals surface area (Å²) in [5, 5.41) is 10.7. The summed E-state index contributed by atoms with van der Waals surface area (Å²) in [4.78, 5) is 73.3. The second kappa shape index (κ2) is 81.7. The summed E-state index contributed by atoms with van der Waals surface area (Å²) >= 11 is 0. The number of unbranched alkanes of at least 4 members (excludes halogenated alkanes) is 27. The van der Waals surface area contributed by atoms with Gasteiger partial charge in [0.05, 0.1) is 26.4 Å². The zero-order chi connectivity index (χ0) is 80.3. The van der Waals surface area contributed by atoms with E-state index in [1.54, 1.807) is 0 Å². The van der Waals surface area contributed by atoms with E-state index < -0.39 is 97.5 Å². The zero-order valence-electron chi connectivity index (χ0n) is 68.9. The smallest absolute Gasteiger partial charge is 0.462 e. The van der Waals surface area contributed by atoms with E-state index >= 15 is 0 Å². The molecule has 0 saturated carbocycles. The van der Waals surface area contributed by atoms with Crippen LogP contribution in [0.1, 0.15) is 336 Å². The molecular formula is C91H152O17P2. The van der Waals surface area contributed by atoms with Crippen LogP contribution in [0.15, 0.2) is 158 Å². The van der Waals surface area contributed by atoms with Crippen molar-refractivity contribution in [3.8, 4) is 0 Å². The number of carbonyl (C=O) groups is 4. The second-order valence-electron chi connectivity index (χ2n) is 28.0. The van der Waals surface area contributed by atoms with Crippen LogP contribution in [0, 0.1) is 0 Å². The van der Waals surface area contributed by atoms with E-state index in [9.17, 15) is 43.2 Å². The molecule has 0 amide bonds. The van der Waals surface area contributed by atoms with Gasteiger partial charge in [-0.05, 0) is 173 Å². The van der Waals surface area contributed by atoms with Gasteiger partial charge in [-0.2, -0.15) is 0 Å². The fourth-order valence-corrected chi connectivity index (χ4v) is 12.6. The van der Waals surface area contributed by atoms with E-state index in [1.165, 1.54) is 57.8 Å². The second-order valence-corrected chi connectivity index (χ2v) is 30.9. The van der Waals surface area contributed by atoms with Crippen molar-refractivity contribution in [2.45, 2.75) is 354 Å². The maximum absolute atomic E-state index is 13.1. The highest BCUT2D eigenvalue weighted by atomic mass is 31.2. The van der Waals surface area contributed by atoms with Gasteiger partial charge in [-0.3, -0.25) is 37.3 Å². The molecule has 0 rings (SSSR count). The quantitative estimate of drug-likeness (QED) is 0.0169. The van der Waals surface area contributed by atoms with Crippen molar-refractivity contribution < 1.29 is 80.2 Å². The number of carbonyl (C=O) groups excluding carboxylic acids is 4. The van der Waals surface area contributed by atoms with Gasteiger partial charge in [0.15, 0.2) is 12.2 Å². The third-order valence-corrected chi connectivity index (χ3v) is 19.4. The third-order valence-electron chi connectivity index (χ3n) is 17.5. The first-order chi connectivity index (χ1) is 53.7. The molecule has 628 valence electrons. The molecule has 5 atom stereocenters. The van der Waals surface area contributed by atoms with Gasteiger partial charge in [-0.1, -0.05) is 295 Å². The summed E-state index contributed by atoms with van der Waals surface area (Å²) in [7, 11) is -10.0. The van der Waals surface area contributed by atoms with Crippen LogP contribution in [-0.2, 0) is 65.4 Å². The van der Waals surface area contributed by atoms with Gasteiger partial charge in [0.1, 0.15) is 19.3 Å². The van der Waals surface area contributed by atoms with Crippen LogP contribution < -0.4 is 0 Å². The number of hydrogen-bond acceptors (Lipinski definition) is 15. The molecule has 0 heterocycles. The SMILES string of the molecule is CC/C=C\C/C=C\C/C=C\C/C=C\C/C=C\CCCCCC(=O)OCC(COP(=O)(O)OCC(O)COP(=O)(O)OCC(COC(=O)CCCCCCCC/C=C\C/C=C\C/C=C\CCCCC)OC(=O)CCCCCCC/C=C\CCCCCCCC)OC(=O)CCCCCC/C=C\C/C=C\C/C=C\C/C=C\CC. The number of esters is 4. The minimum Gasteiger partial charge on any atom is -0.462 e. The fraction of sp³-hybridized carbons (Fsp3) is 0.670. The highest BCUT2D eigenvalue weighted by Gasteiger charge is 2.30. The molecule has 0 aromatic heterocycles. The monoisotopic (exact) mass is 1580 g/mol. The average molecular weight is 1580 g/mol.